The van der Waals surface area contributed by atoms with Crippen molar-refractivity contribution in [3.8, 4) is 11.3 Å². The number of benzene rings is 3. The molecule has 204 valence electrons. The van der Waals surface area contributed by atoms with Gasteiger partial charge in [-0.3, -0.25) is 0 Å². The number of methoxy groups -OCH3 is 1. The number of esters is 1. The van der Waals surface area contributed by atoms with Crippen LogP contribution in [0.2, 0.25) is 0 Å². The van der Waals surface area contributed by atoms with Crippen LogP contribution in [0.25, 0.3) is 11.3 Å². The largest absolute Gasteiger partial charge is 0.465 e. The first kappa shape index (κ1) is 25.8. The SMILES string of the molecule is COC(=O)c1ccc2c(c1)N(c1cccc(C)c1)S(=O)(=O)c1cnc(Nc3ccc(N4CCNCC4)cc3)nc1-2. The van der Waals surface area contributed by atoms with Crippen molar-refractivity contribution in [1.29, 1.82) is 0 Å². The molecular formula is C29H28N6O4S. The number of ether oxygens (including phenoxy) is 1. The summed E-state index contributed by atoms with van der Waals surface area (Å²) in [5.41, 5.74) is 4.60. The van der Waals surface area contributed by atoms with Crippen molar-refractivity contribution < 1.29 is 17.9 Å². The van der Waals surface area contributed by atoms with Crippen LogP contribution in [0, 0.1) is 6.92 Å². The van der Waals surface area contributed by atoms with E-state index >= 15 is 0 Å². The summed E-state index contributed by atoms with van der Waals surface area (Å²) in [4.78, 5) is 23.6. The molecule has 10 nitrogen and oxygen atoms in total. The summed E-state index contributed by atoms with van der Waals surface area (Å²) >= 11 is 0. The van der Waals surface area contributed by atoms with Gasteiger partial charge in [-0.25, -0.2) is 27.5 Å². The van der Waals surface area contributed by atoms with E-state index < -0.39 is 16.0 Å². The number of hydrogen-bond acceptors (Lipinski definition) is 9. The number of fused-ring (bicyclic) bond motifs is 3. The molecule has 1 fully saturated rings. The number of aryl methyl sites for hydroxylation is 1. The summed E-state index contributed by atoms with van der Waals surface area (Å²) in [5.74, 6) is -0.305. The van der Waals surface area contributed by atoms with Gasteiger partial charge in [-0.2, -0.15) is 0 Å². The number of hydrogen-bond donors (Lipinski definition) is 2. The van der Waals surface area contributed by atoms with Crippen LogP contribution in [-0.4, -0.2) is 57.6 Å². The second-order valence-corrected chi connectivity index (χ2v) is 11.4. The van der Waals surface area contributed by atoms with Crippen molar-refractivity contribution in [3.05, 3.63) is 84.1 Å². The van der Waals surface area contributed by atoms with Gasteiger partial charge < -0.3 is 20.3 Å². The smallest absolute Gasteiger partial charge is 0.337 e. The maximum Gasteiger partial charge on any atom is 0.337 e. The number of rotatable bonds is 5. The quantitative estimate of drug-likeness (QED) is 0.348. The van der Waals surface area contributed by atoms with Gasteiger partial charge in [-0.15, -0.1) is 0 Å². The lowest BCUT2D eigenvalue weighted by molar-refractivity contribution is 0.0600. The second-order valence-electron chi connectivity index (χ2n) is 9.65. The Labute approximate surface area is 232 Å². The molecule has 2 N–H and O–H groups in total. The van der Waals surface area contributed by atoms with E-state index in [1.54, 1.807) is 30.3 Å². The number of nitrogens with zero attached hydrogens (tertiary/aromatic N) is 4. The molecule has 0 amide bonds. The Bertz CT molecular complexity index is 1700. The molecule has 0 bridgehead atoms. The van der Waals surface area contributed by atoms with E-state index in [0.29, 0.717) is 16.9 Å². The van der Waals surface area contributed by atoms with Crippen molar-refractivity contribution in [3.63, 3.8) is 0 Å². The van der Waals surface area contributed by atoms with Gasteiger partial charge in [0.2, 0.25) is 5.95 Å². The Morgan fingerprint density at radius 2 is 1.77 bits per heavy atom. The summed E-state index contributed by atoms with van der Waals surface area (Å²) in [6.45, 7) is 5.69. The molecule has 1 saturated heterocycles. The van der Waals surface area contributed by atoms with Crippen molar-refractivity contribution in [2.75, 3.05) is 47.8 Å². The van der Waals surface area contributed by atoms with Crippen molar-refractivity contribution in [2.45, 2.75) is 11.8 Å². The molecule has 3 heterocycles. The van der Waals surface area contributed by atoms with Crippen LogP contribution >= 0.6 is 0 Å². The summed E-state index contributed by atoms with van der Waals surface area (Å²) in [6, 6.07) is 20.0. The van der Waals surface area contributed by atoms with Gasteiger partial charge in [0.05, 0.1) is 35.9 Å². The van der Waals surface area contributed by atoms with Gasteiger partial charge in [0.15, 0.2) is 0 Å². The summed E-state index contributed by atoms with van der Waals surface area (Å²) < 4.78 is 34.1. The Hall–Kier alpha value is -4.48. The highest BCUT2D eigenvalue weighted by Gasteiger charge is 2.38. The Balaban J connectivity index is 1.40. The van der Waals surface area contributed by atoms with Crippen LogP contribution in [0.4, 0.5) is 28.7 Å². The predicted molar refractivity (Wildman–Crippen MR) is 154 cm³/mol. The van der Waals surface area contributed by atoms with E-state index in [1.807, 2.05) is 37.3 Å². The van der Waals surface area contributed by atoms with Gasteiger partial charge in [0.25, 0.3) is 10.0 Å². The third kappa shape index (κ3) is 4.63. The van der Waals surface area contributed by atoms with E-state index in [-0.39, 0.29) is 22.1 Å². The molecule has 11 heteroatoms. The van der Waals surface area contributed by atoms with Gasteiger partial charge in [-0.1, -0.05) is 12.1 Å². The molecule has 0 unspecified atom stereocenters. The van der Waals surface area contributed by atoms with Gasteiger partial charge >= 0.3 is 5.97 Å². The first-order valence-electron chi connectivity index (χ1n) is 12.9. The summed E-state index contributed by atoms with van der Waals surface area (Å²) in [5, 5.41) is 6.55. The average Bonchev–Trinajstić information content (AvgIpc) is 2.97. The fourth-order valence-electron chi connectivity index (χ4n) is 5.03. The van der Waals surface area contributed by atoms with E-state index in [9.17, 15) is 13.2 Å². The minimum atomic E-state index is -4.11. The lowest BCUT2D eigenvalue weighted by atomic mass is 10.0. The normalized spacial score (nSPS) is 15.7. The topological polar surface area (TPSA) is 117 Å². The highest BCUT2D eigenvalue weighted by molar-refractivity contribution is 7.93. The number of nitrogens with one attached hydrogen (secondary N) is 2. The van der Waals surface area contributed by atoms with E-state index in [1.165, 1.54) is 23.7 Å². The Kier molecular flexibility index (Phi) is 6.60. The summed E-state index contributed by atoms with van der Waals surface area (Å²) in [7, 11) is -2.82. The molecule has 1 aromatic heterocycles. The minimum absolute atomic E-state index is 0.0214. The van der Waals surface area contributed by atoms with Crippen LogP contribution in [-0.2, 0) is 14.8 Å². The molecule has 0 radical (unpaired) electrons. The van der Waals surface area contributed by atoms with E-state index in [2.05, 4.69) is 25.5 Å². The Morgan fingerprint density at radius 1 is 1.00 bits per heavy atom. The molecule has 0 spiro atoms. The maximum atomic E-state index is 14.0. The van der Waals surface area contributed by atoms with E-state index in [0.717, 1.165) is 43.1 Å². The van der Waals surface area contributed by atoms with E-state index in [4.69, 9.17) is 4.74 Å². The molecule has 0 atom stereocenters. The average molecular weight is 557 g/mol. The van der Waals surface area contributed by atoms with Crippen molar-refractivity contribution in [2.24, 2.45) is 0 Å². The number of anilines is 5. The molecule has 0 saturated carbocycles. The fraction of sp³-hybridized carbons (Fsp3) is 0.207. The number of sulfonamides is 1. The fourth-order valence-corrected chi connectivity index (χ4v) is 6.61. The lowest BCUT2D eigenvalue weighted by Crippen LogP contribution is -2.43. The number of piperazine rings is 1. The second kappa shape index (κ2) is 10.2. The van der Waals surface area contributed by atoms with Crippen LogP contribution in [0.3, 0.4) is 0 Å². The molecular weight excluding hydrogens is 528 g/mol. The lowest BCUT2D eigenvalue weighted by Gasteiger charge is -2.32. The van der Waals surface area contributed by atoms with Crippen LogP contribution < -0.4 is 19.8 Å². The third-order valence-corrected chi connectivity index (χ3v) is 8.75. The molecule has 2 aliphatic heterocycles. The molecule has 2 aliphatic rings. The van der Waals surface area contributed by atoms with Gasteiger partial charge in [0, 0.05) is 43.1 Å². The highest BCUT2D eigenvalue weighted by Crippen LogP contribution is 2.46. The van der Waals surface area contributed by atoms with Crippen molar-refractivity contribution in [1.82, 2.24) is 15.3 Å². The first-order valence-corrected chi connectivity index (χ1v) is 14.3. The molecule has 40 heavy (non-hydrogen) atoms. The first-order chi connectivity index (χ1) is 19.3. The zero-order valence-electron chi connectivity index (χ0n) is 22.1. The van der Waals surface area contributed by atoms with Crippen molar-refractivity contribution >= 4 is 44.7 Å². The number of carbonyl (C=O) groups excluding carboxylic acids is 1. The summed E-state index contributed by atoms with van der Waals surface area (Å²) in [6.07, 6.45) is 1.33. The van der Waals surface area contributed by atoms with Gasteiger partial charge in [0.1, 0.15) is 4.90 Å². The highest BCUT2D eigenvalue weighted by atomic mass is 32.2. The number of aromatic nitrogens is 2. The zero-order valence-corrected chi connectivity index (χ0v) is 22.9. The third-order valence-electron chi connectivity index (χ3n) is 7.01. The standard InChI is InChI=1S/C29H28N6O4S/c1-19-4-3-5-23(16-19)35-25-17-20(28(36)39-2)6-11-24(25)27-26(40(35,37)38)18-31-29(33-27)32-21-7-9-22(10-8-21)34-14-12-30-13-15-34/h3-11,16-18,30H,12-15H2,1-2H3,(H,31,32,33). The monoisotopic (exact) mass is 556 g/mol. The molecule has 4 aromatic rings. The molecule has 6 rings (SSSR count). The number of carbonyl (C=O) groups is 1. The zero-order chi connectivity index (χ0) is 27.9. The van der Waals surface area contributed by atoms with Crippen LogP contribution in [0.15, 0.2) is 77.8 Å². The predicted octanol–water partition coefficient (Wildman–Crippen LogP) is 4.23. The molecule has 3 aromatic carbocycles. The van der Waals surface area contributed by atoms with Gasteiger partial charge in [-0.05, 0) is 67.1 Å². The minimum Gasteiger partial charge on any atom is -0.465 e. The maximum absolute atomic E-state index is 14.0. The van der Waals surface area contributed by atoms with Crippen LogP contribution in [0.1, 0.15) is 15.9 Å². The molecule has 0 aliphatic carbocycles. The Morgan fingerprint density at radius 3 is 2.50 bits per heavy atom. The van der Waals surface area contributed by atoms with Crippen LogP contribution in [0.5, 0.6) is 0 Å².